The standard InChI is InChI=1S/C13H16F3NO2.CH4/c1-8-7-9(13(14,15)16)5-6-10(8)17-11(18)19-12(2,3)4;/h5-7H,1-4H3,(H,17,18);1H4. The lowest BCUT2D eigenvalue weighted by atomic mass is 10.1. The zero-order valence-corrected chi connectivity index (χ0v) is 11.2. The fourth-order valence-corrected chi connectivity index (χ4v) is 1.39. The maximum atomic E-state index is 12.5. The van der Waals surface area contributed by atoms with Crippen molar-refractivity contribution in [2.45, 2.75) is 46.9 Å². The van der Waals surface area contributed by atoms with Crippen LogP contribution >= 0.6 is 0 Å². The van der Waals surface area contributed by atoms with Gasteiger partial charge in [-0.1, -0.05) is 7.43 Å². The molecule has 0 aliphatic heterocycles. The van der Waals surface area contributed by atoms with Crippen molar-refractivity contribution in [1.82, 2.24) is 0 Å². The molecule has 0 fully saturated rings. The number of amides is 1. The Balaban J connectivity index is 0.00000361. The Hall–Kier alpha value is -1.72. The van der Waals surface area contributed by atoms with Crippen molar-refractivity contribution in [2.24, 2.45) is 0 Å². The van der Waals surface area contributed by atoms with Crippen LogP contribution in [0.1, 0.15) is 39.3 Å². The van der Waals surface area contributed by atoms with Crippen molar-refractivity contribution in [3.63, 3.8) is 0 Å². The molecule has 0 aliphatic carbocycles. The van der Waals surface area contributed by atoms with Crippen LogP contribution < -0.4 is 5.32 Å². The number of rotatable bonds is 1. The van der Waals surface area contributed by atoms with Crippen molar-refractivity contribution >= 4 is 11.8 Å². The highest BCUT2D eigenvalue weighted by Gasteiger charge is 2.30. The quantitative estimate of drug-likeness (QED) is 0.791. The molecule has 6 heteroatoms. The van der Waals surface area contributed by atoms with Crippen molar-refractivity contribution in [3.8, 4) is 0 Å². The fourth-order valence-electron chi connectivity index (χ4n) is 1.39. The molecular formula is C14H20F3NO2. The zero-order valence-electron chi connectivity index (χ0n) is 11.2. The van der Waals surface area contributed by atoms with Crippen molar-refractivity contribution in [3.05, 3.63) is 29.3 Å². The van der Waals surface area contributed by atoms with Crippen LogP contribution in [0.25, 0.3) is 0 Å². The van der Waals surface area contributed by atoms with Gasteiger partial charge in [-0.2, -0.15) is 13.2 Å². The Labute approximate surface area is 117 Å². The largest absolute Gasteiger partial charge is 0.444 e. The number of nitrogens with one attached hydrogen (secondary N) is 1. The molecule has 0 atom stereocenters. The van der Waals surface area contributed by atoms with Gasteiger partial charge in [-0.3, -0.25) is 5.32 Å². The fraction of sp³-hybridized carbons (Fsp3) is 0.500. The maximum Gasteiger partial charge on any atom is 0.416 e. The van der Waals surface area contributed by atoms with Crippen LogP contribution in [0.15, 0.2) is 18.2 Å². The van der Waals surface area contributed by atoms with Gasteiger partial charge < -0.3 is 4.74 Å². The smallest absolute Gasteiger partial charge is 0.416 e. The number of carbonyl (C=O) groups is 1. The average Bonchev–Trinajstić information content (AvgIpc) is 2.16. The minimum atomic E-state index is -4.39. The Bertz CT molecular complexity index is 476. The van der Waals surface area contributed by atoms with Crippen LogP contribution in [0.4, 0.5) is 23.7 Å². The minimum absolute atomic E-state index is 0. The predicted molar refractivity (Wildman–Crippen MR) is 72.8 cm³/mol. The SMILES string of the molecule is C.Cc1cc(C(F)(F)F)ccc1NC(=O)OC(C)(C)C. The Kier molecular flexibility index (Phi) is 5.62. The number of hydrogen-bond donors (Lipinski definition) is 1. The molecule has 0 spiro atoms. The Morgan fingerprint density at radius 2 is 1.75 bits per heavy atom. The summed E-state index contributed by atoms with van der Waals surface area (Å²) in [6.45, 7) is 6.59. The van der Waals surface area contributed by atoms with Gasteiger partial charge in [0.2, 0.25) is 0 Å². The molecule has 0 aliphatic rings. The van der Waals surface area contributed by atoms with Crippen LogP contribution in [0.3, 0.4) is 0 Å². The van der Waals surface area contributed by atoms with E-state index in [1.54, 1.807) is 20.8 Å². The molecule has 0 aromatic heterocycles. The van der Waals surface area contributed by atoms with E-state index in [0.29, 0.717) is 11.3 Å². The molecule has 0 unspecified atom stereocenters. The second-order valence-electron chi connectivity index (χ2n) is 5.15. The Morgan fingerprint density at radius 1 is 1.20 bits per heavy atom. The number of alkyl halides is 3. The van der Waals surface area contributed by atoms with Crippen LogP contribution in [0, 0.1) is 6.92 Å². The first kappa shape index (κ1) is 18.3. The van der Waals surface area contributed by atoms with Gasteiger partial charge in [0.05, 0.1) is 5.56 Å². The highest BCUT2D eigenvalue weighted by molar-refractivity contribution is 5.85. The molecule has 1 rings (SSSR count). The lowest BCUT2D eigenvalue weighted by Crippen LogP contribution is -2.27. The summed E-state index contributed by atoms with van der Waals surface area (Å²) in [5.41, 5.74) is -0.799. The second kappa shape index (κ2) is 6.15. The highest BCUT2D eigenvalue weighted by Crippen LogP contribution is 2.31. The van der Waals surface area contributed by atoms with E-state index in [4.69, 9.17) is 4.74 Å². The van der Waals surface area contributed by atoms with Gasteiger partial charge in [-0.25, -0.2) is 4.79 Å². The molecule has 20 heavy (non-hydrogen) atoms. The van der Waals surface area contributed by atoms with E-state index in [2.05, 4.69) is 5.32 Å². The molecule has 0 saturated carbocycles. The average molecular weight is 291 g/mol. The van der Waals surface area contributed by atoms with E-state index in [1.165, 1.54) is 13.0 Å². The van der Waals surface area contributed by atoms with Gasteiger partial charge in [0.25, 0.3) is 0 Å². The van der Waals surface area contributed by atoms with Gasteiger partial charge in [-0.15, -0.1) is 0 Å². The van der Waals surface area contributed by atoms with Gasteiger partial charge >= 0.3 is 12.3 Å². The van der Waals surface area contributed by atoms with Gasteiger partial charge in [0, 0.05) is 5.69 Å². The topological polar surface area (TPSA) is 38.3 Å². The monoisotopic (exact) mass is 291 g/mol. The second-order valence-corrected chi connectivity index (χ2v) is 5.15. The summed E-state index contributed by atoms with van der Waals surface area (Å²) in [7, 11) is 0. The van der Waals surface area contributed by atoms with E-state index in [0.717, 1.165) is 12.1 Å². The number of halogens is 3. The molecule has 1 N–H and O–H groups in total. The summed E-state index contributed by atoms with van der Waals surface area (Å²) < 4.78 is 42.4. The van der Waals surface area contributed by atoms with E-state index < -0.39 is 23.4 Å². The van der Waals surface area contributed by atoms with E-state index in [9.17, 15) is 18.0 Å². The summed E-state index contributed by atoms with van der Waals surface area (Å²) >= 11 is 0. The molecule has 114 valence electrons. The number of aryl methyl sites for hydroxylation is 1. The number of ether oxygens (including phenoxy) is 1. The van der Waals surface area contributed by atoms with E-state index >= 15 is 0 Å². The number of benzene rings is 1. The molecular weight excluding hydrogens is 271 g/mol. The van der Waals surface area contributed by atoms with Crippen LogP contribution in [-0.4, -0.2) is 11.7 Å². The molecule has 1 amide bonds. The van der Waals surface area contributed by atoms with Gasteiger partial charge in [0.1, 0.15) is 5.60 Å². The maximum absolute atomic E-state index is 12.5. The van der Waals surface area contributed by atoms with Crippen molar-refractivity contribution < 1.29 is 22.7 Å². The zero-order chi connectivity index (χ0) is 14.8. The van der Waals surface area contributed by atoms with Crippen molar-refractivity contribution in [1.29, 1.82) is 0 Å². The summed E-state index contributed by atoms with van der Waals surface area (Å²) in [4.78, 5) is 11.5. The summed E-state index contributed by atoms with van der Waals surface area (Å²) in [5.74, 6) is 0. The molecule has 1 aromatic carbocycles. The predicted octanol–water partition coefficient (Wildman–Crippen LogP) is 5.00. The normalized spacial score (nSPS) is 11.6. The number of anilines is 1. The molecule has 3 nitrogen and oxygen atoms in total. The van der Waals surface area contributed by atoms with Gasteiger partial charge in [0.15, 0.2) is 0 Å². The van der Waals surface area contributed by atoms with Crippen LogP contribution in [0.5, 0.6) is 0 Å². The third-order valence-corrected chi connectivity index (χ3v) is 2.19. The minimum Gasteiger partial charge on any atom is -0.444 e. The van der Waals surface area contributed by atoms with Gasteiger partial charge in [-0.05, 0) is 51.5 Å². The number of hydrogen-bond acceptors (Lipinski definition) is 2. The first-order chi connectivity index (χ1) is 8.49. The first-order valence-electron chi connectivity index (χ1n) is 5.67. The molecule has 0 heterocycles. The molecule has 0 radical (unpaired) electrons. The molecule has 0 saturated heterocycles. The summed E-state index contributed by atoms with van der Waals surface area (Å²) in [6, 6.07) is 3.11. The summed E-state index contributed by atoms with van der Waals surface area (Å²) in [5, 5.41) is 2.42. The first-order valence-corrected chi connectivity index (χ1v) is 5.67. The van der Waals surface area contributed by atoms with Crippen LogP contribution in [0.2, 0.25) is 0 Å². The van der Waals surface area contributed by atoms with Crippen LogP contribution in [-0.2, 0) is 10.9 Å². The lowest BCUT2D eigenvalue weighted by Gasteiger charge is -2.20. The number of carbonyl (C=O) groups excluding carboxylic acids is 1. The third-order valence-electron chi connectivity index (χ3n) is 2.19. The Morgan fingerprint density at radius 3 is 2.15 bits per heavy atom. The third kappa shape index (κ3) is 5.50. The molecule has 1 aromatic rings. The summed E-state index contributed by atoms with van der Waals surface area (Å²) in [6.07, 6.45) is -5.09. The van der Waals surface area contributed by atoms with E-state index in [-0.39, 0.29) is 7.43 Å². The van der Waals surface area contributed by atoms with Crippen molar-refractivity contribution in [2.75, 3.05) is 5.32 Å². The van der Waals surface area contributed by atoms with E-state index in [1.807, 2.05) is 0 Å². The highest BCUT2D eigenvalue weighted by atomic mass is 19.4. The molecule has 0 bridgehead atoms. The lowest BCUT2D eigenvalue weighted by molar-refractivity contribution is -0.137.